The van der Waals surface area contributed by atoms with Crippen molar-refractivity contribution in [3.63, 3.8) is 0 Å². The molecule has 5 fully saturated rings. The maximum atomic E-state index is 12.9. The molecule has 0 radical (unpaired) electrons. The van der Waals surface area contributed by atoms with E-state index in [9.17, 15) is 18.0 Å². The van der Waals surface area contributed by atoms with Crippen LogP contribution in [0.4, 0.5) is 0 Å². The van der Waals surface area contributed by atoms with Gasteiger partial charge >= 0.3 is 5.97 Å². The molecule has 1 aliphatic heterocycles. The lowest BCUT2D eigenvalue weighted by Crippen LogP contribution is -2.68. The molecule has 7 aliphatic rings. The number of methoxy groups -OCH3 is 1. The van der Waals surface area contributed by atoms with E-state index in [1.165, 1.54) is 88.4 Å². The van der Waals surface area contributed by atoms with E-state index in [1.807, 2.05) is 0 Å². The summed E-state index contributed by atoms with van der Waals surface area (Å²) in [5.41, 5.74) is 4.14. The van der Waals surface area contributed by atoms with E-state index in [-0.39, 0.29) is 44.3 Å². The summed E-state index contributed by atoms with van der Waals surface area (Å²) in [6, 6.07) is 0. The molecule has 0 aromatic heterocycles. The zero-order valence-corrected chi connectivity index (χ0v) is 37.3. The molecule has 0 aromatic carbocycles. The van der Waals surface area contributed by atoms with Crippen LogP contribution < -0.4 is 10.6 Å². The van der Waals surface area contributed by atoms with Crippen molar-refractivity contribution >= 4 is 21.7 Å². The molecule has 1 unspecified atom stereocenters. The fraction of sp³-hybridized carbons (Fsp3) is 0.830. The van der Waals surface area contributed by atoms with Gasteiger partial charge in [0, 0.05) is 31.8 Å². The SMILES string of the molecule is C=C(C)[C@@H]1CC[C@]2(NCCN3CCC(S(C)(=O)=O)CC3)CC[C@]3(C)[C@H](CC[C@@H]4[C@@]5(C)CC=C(C6=CCC(NC(C)=O)(C(=O)OC)CC6)C(C)(C)[C@@H]5CC[C@]43C)[C@@H]12. The van der Waals surface area contributed by atoms with Gasteiger partial charge in [0.05, 0.1) is 12.4 Å². The average Bonchev–Trinajstić information content (AvgIpc) is 3.51. The van der Waals surface area contributed by atoms with Gasteiger partial charge < -0.3 is 20.3 Å². The van der Waals surface area contributed by atoms with Crippen LogP contribution in [0, 0.1) is 51.2 Å². The Balaban J connectivity index is 1.10. The van der Waals surface area contributed by atoms with Crippen LogP contribution >= 0.6 is 0 Å². The molecule has 7 rings (SSSR count). The van der Waals surface area contributed by atoms with E-state index >= 15 is 0 Å². The van der Waals surface area contributed by atoms with Gasteiger partial charge in [0.25, 0.3) is 0 Å². The van der Waals surface area contributed by atoms with E-state index in [2.05, 4.69) is 75.8 Å². The quantitative estimate of drug-likeness (QED) is 0.179. The zero-order valence-electron chi connectivity index (χ0n) is 36.5. The zero-order chi connectivity index (χ0) is 40.7. The number of likely N-dealkylation sites (tertiary alicyclic amines) is 1. The summed E-state index contributed by atoms with van der Waals surface area (Å²) in [5.74, 6) is 2.55. The Morgan fingerprint density at radius 1 is 0.875 bits per heavy atom. The van der Waals surface area contributed by atoms with Crippen LogP contribution in [0.2, 0.25) is 0 Å². The predicted molar refractivity (Wildman–Crippen MR) is 226 cm³/mol. The smallest absolute Gasteiger partial charge is 0.331 e. The Labute approximate surface area is 339 Å². The largest absolute Gasteiger partial charge is 0.467 e. The van der Waals surface area contributed by atoms with Crippen molar-refractivity contribution in [1.82, 2.24) is 15.5 Å². The number of fused-ring (bicyclic) bond motifs is 7. The van der Waals surface area contributed by atoms with Gasteiger partial charge in [-0.2, -0.15) is 0 Å². The minimum Gasteiger partial charge on any atom is -0.467 e. The maximum Gasteiger partial charge on any atom is 0.331 e. The number of allylic oxidation sites excluding steroid dienone is 4. The lowest BCUT2D eigenvalue weighted by atomic mass is 9.33. The molecule has 1 amide bonds. The third-order valence-corrected chi connectivity index (χ3v) is 20.2. The highest BCUT2D eigenvalue weighted by Crippen LogP contribution is 2.76. The fourth-order valence-corrected chi connectivity index (χ4v) is 16.7. The van der Waals surface area contributed by atoms with Crippen molar-refractivity contribution in [2.75, 3.05) is 39.5 Å². The molecule has 10 atom stereocenters. The van der Waals surface area contributed by atoms with E-state index in [4.69, 9.17) is 4.74 Å². The minimum absolute atomic E-state index is 0.0133. The molecule has 4 saturated carbocycles. The number of carbonyl (C=O) groups excluding carboxylic acids is 2. The minimum atomic E-state index is -2.96. The highest BCUT2D eigenvalue weighted by atomic mass is 32.2. The number of amides is 1. The Bertz CT molecular complexity index is 1760. The number of sulfone groups is 1. The van der Waals surface area contributed by atoms with Crippen molar-refractivity contribution in [3.8, 4) is 0 Å². The van der Waals surface area contributed by atoms with Gasteiger partial charge in [-0.1, -0.05) is 58.9 Å². The van der Waals surface area contributed by atoms with Gasteiger partial charge in [-0.05, 0) is 172 Å². The first-order valence-corrected chi connectivity index (χ1v) is 24.2. The number of esters is 1. The molecule has 0 bridgehead atoms. The van der Waals surface area contributed by atoms with Crippen LogP contribution in [-0.2, 0) is 24.2 Å². The molecule has 0 aromatic rings. The molecule has 0 spiro atoms. The molecular formula is C47H75N3O5S. The first kappa shape index (κ1) is 42.2. The number of nitrogens with one attached hydrogen (secondary N) is 2. The first-order valence-electron chi connectivity index (χ1n) is 22.3. The summed E-state index contributed by atoms with van der Waals surface area (Å²) in [7, 11) is -1.55. The molecule has 1 heterocycles. The normalized spacial score (nSPS) is 42.6. The van der Waals surface area contributed by atoms with Gasteiger partial charge in [0.2, 0.25) is 5.91 Å². The van der Waals surface area contributed by atoms with Crippen molar-refractivity contribution in [1.29, 1.82) is 0 Å². The topological polar surface area (TPSA) is 105 Å². The highest BCUT2D eigenvalue weighted by Gasteiger charge is 2.70. The molecule has 6 aliphatic carbocycles. The predicted octanol–water partition coefficient (Wildman–Crippen LogP) is 8.19. The summed E-state index contributed by atoms with van der Waals surface area (Å²) >= 11 is 0. The van der Waals surface area contributed by atoms with Crippen LogP contribution in [0.25, 0.3) is 0 Å². The van der Waals surface area contributed by atoms with Crippen molar-refractivity contribution in [3.05, 3.63) is 35.5 Å². The number of hydrogen-bond acceptors (Lipinski definition) is 7. The summed E-state index contributed by atoms with van der Waals surface area (Å²) < 4.78 is 29.5. The molecule has 314 valence electrons. The first-order chi connectivity index (χ1) is 26.2. The second kappa shape index (κ2) is 14.6. The molecule has 1 saturated heterocycles. The Hall–Kier alpha value is -1.97. The van der Waals surface area contributed by atoms with Crippen LogP contribution in [0.5, 0.6) is 0 Å². The third kappa shape index (κ3) is 6.62. The summed E-state index contributed by atoms with van der Waals surface area (Å²) in [5, 5.41) is 7.04. The van der Waals surface area contributed by atoms with Gasteiger partial charge in [-0.15, -0.1) is 0 Å². The van der Waals surface area contributed by atoms with E-state index in [0.717, 1.165) is 51.9 Å². The molecule has 9 heteroatoms. The number of ether oxygens (including phenoxy) is 1. The molecule has 8 nitrogen and oxygen atoms in total. The molecule has 2 N–H and O–H groups in total. The van der Waals surface area contributed by atoms with E-state index < -0.39 is 15.4 Å². The lowest BCUT2D eigenvalue weighted by molar-refractivity contribution is -0.221. The van der Waals surface area contributed by atoms with Gasteiger partial charge in [0.15, 0.2) is 0 Å². The second-order valence-corrected chi connectivity index (χ2v) is 23.7. The highest BCUT2D eigenvalue weighted by molar-refractivity contribution is 7.91. The van der Waals surface area contributed by atoms with Crippen molar-refractivity contribution in [2.45, 2.75) is 155 Å². The van der Waals surface area contributed by atoms with Gasteiger partial charge in [-0.25, -0.2) is 13.2 Å². The summed E-state index contributed by atoms with van der Waals surface area (Å²) in [6.07, 6.45) is 20.8. The Morgan fingerprint density at radius 2 is 1.59 bits per heavy atom. The summed E-state index contributed by atoms with van der Waals surface area (Å²) in [6.45, 7) is 25.2. The number of piperidine rings is 1. The number of carbonyl (C=O) groups is 2. The lowest BCUT2D eigenvalue weighted by Gasteiger charge is -2.72. The van der Waals surface area contributed by atoms with Crippen LogP contribution in [0.3, 0.4) is 0 Å². The Morgan fingerprint density at radius 3 is 2.20 bits per heavy atom. The van der Waals surface area contributed by atoms with Crippen LogP contribution in [-0.4, -0.2) is 81.1 Å². The third-order valence-electron chi connectivity index (χ3n) is 18.5. The standard InChI is InChI=1S/C47H75N3O5S/c1-31(2)35-15-24-46(48-27-30-50-28-18-34(19-29-50)56(10,53)54)26-25-44(7)37(40(35)46)11-12-39-43(6)20-16-36(42(4,5)38(43)17-21-45(39,44)8)33-13-22-47(23-14-33,41(52)55-9)49-32(3)51/h13,16,34-35,37-40,48H,1,11-12,14-15,17-30H2,2-10H3,(H,49,51)/t35-,37+,38-,39+,40+,43-,44+,45+,46-,47?/m0/s1. The van der Waals surface area contributed by atoms with E-state index in [1.54, 1.807) is 0 Å². The monoisotopic (exact) mass is 794 g/mol. The average molecular weight is 794 g/mol. The second-order valence-electron chi connectivity index (χ2n) is 21.4. The van der Waals surface area contributed by atoms with Crippen molar-refractivity contribution < 1.29 is 22.7 Å². The summed E-state index contributed by atoms with van der Waals surface area (Å²) in [4.78, 5) is 27.5. The maximum absolute atomic E-state index is 12.9. The van der Waals surface area contributed by atoms with Crippen molar-refractivity contribution in [2.24, 2.45) is 51.2 Å². The fourth-order valence-electron chi connectivity index (χ4n) is 15.6. The van der Waals surface area contributed by atoms with Gasteiger partial charge in [0.1, 0.15) is 15.4 Å². The van der Waals surface area contributed by atoms with Crippen LogP contribution in [0.1, 0.15) is 138 Å². The number of nitrogens with zero attached hydrogens (tertiary/aromatic N) is 1. The van der Waals surface area contributed by atoms with E-state index in [0.29, 0.717) is 42.4 Å². The van der Waals surface area contributed by atoms with Crippen LogP contribution in [0.15, 0.2) is 35.5 Å². The Kier molecular flexibility index (Phi) is 11.0. The van der Waals surface area contributed by atoms with Gasteiger partial charge in [-0.3, -0.25) is 4.79 Å². The number of rotatable bonds is 9. The molecule has 56 heavy (non-hydrogen) atoms. The molecular weight excluding hydrogens is 719 g/mol. The number of hydrogen-bond donors (Lipinski definition) is 2.